The molecule has 1 aromatic rings. The fourth-order valence-corrected chi connectivity index (χ4v) is 3.63. The van der Waals surface area contributed by atoms with Crippen LogP contribution < -0.4 is 0 Å². The van der Waals surface area contributed by atoms with Gasteiger partial charge < -0.3 is 0 Å². The van der Waals surface area contributed by atoms with Crippen LogP contribution >= 0.6 is 11.6 Å². The standard InChI is InChI=1S/C8H7ClSe/c9-8-2-1-6-4-10-5-7(6)3-8/h1-3H,4-5H2. The molecular weight excluding hydrogens is 211 g/mol. The van der Waals surface area contributed by atoms with Gasteiger partial charge in [-0.3, -0.25) is 0 Å². The topological polar surface area (TPSA) is 0 Å². The van der Waals surface area contributed by atoms with Crippen LogP contribution in [0, 0.1) is 0 Å². The van der Waals surface area contributed by atoms with Gasteiger partial charge in [0, 0.05) is 0 Å². The Morgan fingerprint density at radius 2 is 2.00 bits per heavy atom. The molecule has 1 aromatic carbocycles. The first-order chi connectivity index (χ1) is 4.86. The van der Waals surface area contributed by atoms with Gasteiger partial charge in [-0.1, -0.05) is 0 Å². The van der Waals surface area contributed by atoms with E-state index in [1.165, 1.54) is 21.8 Å². The third-order valence-electron chi connectivity index (χ3n) is 1.68. The van der Waals surface area contributed by atoms with E-state index >= 15 is 0 Å². The quantitative estimate of drug-likeness (QED) is 0.584. The van der Waals surface area contributed by atoms with Gasteiger partial charge in [-0.25, -0.2) is 0 Å². The number of benzene rings is 1. The van der Waals surface area contributed by atoms with Gasteiger partial charge in [-0.2, -0.15) is 0 Å². The molecule has 0 unspecified atom stereocenters. The Morgan fingerprint density at radius 1 is 1.20 bits per heavy atom. The summed E-state index contributed by atoms with van der Waals surface area (Å²) in [5.41, 5.74) is 3.00. The van der Waals surface area contributed by atoms with Gasteiger partial charge >= 0.3 is 71.5 Å². The van der Waals surface area contributed by atoms with Crippen molar-refractivity contribution in [3.63, 3.8) is 0 Å². The average Bonchev–Trinajstić information content (AvgIpc) is 2.33. The average molecular weight is 218 g/mol. The second-order valence-corrected chi connectivity index (χ2v) is 4.91. The van der Waals surface area contributed by atoms with Crippen LogP contribution in [0.1, 0.15) is 11.1 Å². The van der Waals surface area contributed by atoms with Crippen molar-refractivity contribution in [2.75, 3.05) is 0 Å². The van der Waals surface area contributed by atoms with E-state index in [9.17, 15) is 0 Å². The molecule has 0 atom stereocenters. The van der Waals surface area contributed by atoms with E-state index in [2.05, 4.69) is 12.1 Å². The Bertz CT molecular complexity index is 257. The third kappa shape index (κ3) is 1.10. The molecule has 0 aromatic heterocycles. The first-order valence-electron chi connectivity index (χ1n) is 3.21. The van der Waals surface area contributed by atoms with Gasteiger partial charge in [0.15, 0.2) is 0 Å². The number of fused-ring (bicyclic) bond motifs is 1. The molecule has 2 rings (SSSR count). The Balaban J connectivity index is 2.52. The van der Waals surface area contributed by atoms with E-state index in [4.69, 9.17) is 11.6 Å². The molecule has 0 spiro atoms. The van der Waals surface area contributed by atoms with Crippen molar-refractivity contribution >= 4 is 26.6 Å². The Kier molecular flexibility index (Phi) is 1.73. The SMILES string of the molecule is Clc1ccc2c(c1)C[Se]C2. The zero-order valence-electron chi connectivity index (χ0n) is 5.43. The molecule has 0 saturated heterocycles. The van der Waals surface area contributed by atoms with Crippen LogP contribution in [0.5, 0.6) is 0 Å². The van der Waals surface area contributed by atoms with E-state index in [1.54, 1.807) is 0 Å². The molecule has 0 aliphatic carbocycles. The molecular formula is C8H7ClSe. The zero-order chi connectivity index (χ0) is 6.97. The van der Waals surface area contributed by atoms with Gasteiger partial charge in [-0.15, -0.1) is 0 Å². The number of hydrogen-bond donors (Lipinski definition) is 0. The normalized spacial score (nSPS) is 15.3. The molecule has 2 heteroatoms. The summed E-state index contributed by atoms with van der Waals surface area (Å²) in [6.45, 7) is 0. The van der Waals surface area contributed by atoms with Crippen LogP contribution in [-0.4, -0.2) is 15.0 Å². The Labute approximate surface area is 71.7 Å². The zero-order valence-corrected chi connectivity index (χ0v) is 7.90. The van der Waals surface area contributed by atoms with Crippen molar-refractivity contribution < 1.29 is 0 Å². The third-order valence-corrected chi connectivity index (χ3v) is 4.08. The van der Waals surface area contributed by atoms with E-state index < -0.39 is 0 Å². The predicted octanol–water partition coefficient (Wildman–Crippen LogP) is 2.06. The van der Waals surface area contributed by atoms with Crippen LogP contribution in [0.15, 0.2) is 18.2 Å². The fraction of sp³-hybridized carbons (Fsp3) is 0.250. The molecule has 1 heterocycles. The summed E-state index contributed by atoms with van der Waals surface area (Å²) >= 11 is 6.64. The molecule has 0 saturated carbocycles. The molecule has 0 amide bonds. The van der Waals surface area contributed by atoms with Crippen LogP contribution in [-0.2, 0) is 10.6 Å². The van der Waals surface area contributed by atoms with Gasteiger partial charge in [-0.05, 0) is 0 Å². The summed E-state index contributed by atoms with van der Waals surface area (Å²) in [6.07, 6.45) is 0. The van der Waals surface area contributed by atoms with Crippen LogP contribution in [0.4, 0.5) is 0 Å². The number of rotatable bonds is 0. The summed E-state index contributed by atoms with van der Waals surface area (Å²) < 4.78 is 0. The van der Waals surface area contributed by atoms with Crippen molar-refractivity contribution in [3.05, 3.63) is 34.3 Å². The van der Waals surface area contributed by atoms with Gasteiger partial charge in [0.25, 0.3) is 0 Å². The molecule has 1 aliphatic heterocycles. The molecule has 0 fully saturated rings. The summed E-state index contributed by atoms with van der Waals surface area (Å²) in [4.78, 5) is 0. The molecule has 0 nitrogen and oxygen atoms in total. The van der Waals surface area contributed by atoms with Crippen molar-refractivity contribution in [1.82, 2.24) is 0 Å². The molecule has 0 radical (unpaired) electrons. The number of hydrogen-bond acceptors (Lipinski definition) is 0. The van der Waals surface area contributed by atoms with Gasteiger partial charge in [0.2, 0.25) is 0 Å². The first kappa shape index (κ1) is 6.72. The minimum atomic E-state index is 0.813. The molecule has 10 heavy (non-hydrogen) atoms. The summed E-state index contributed by atoms with van der Waals surface area (Å²) in [5.74, 6) is 0. The van der Waals surface area contributed by atoms with E-state index in [-0.39, 0.29) is 0 Å². The van der Waals surface area contributed by atoms with E-state index in [0.717, 1.165) is 20.0 Å². The monoisotopic (exact) mass is 218 g/mol. The summed E-state index contributed by atoms with van der Waals surface area (Å²) in [6, 6.07) is 6.25. The molecule has 52 valence electrons. The minimum absolute atomic E-state index is 0.813. The first-order valence-corrected chi connectivity index (χ1v) is 6.01. The number of halogens is 1. The molecule has 0 bridgehead atoms. The van der Waals surface area contributed by atoms with Crippen molar-refractivity contribution in [2.45, 2.75) is 10.6 Å². The van der Waals surface area contributed by atoms with Gasteiger partial charge in [0.1, 0.15) is 0 Å². The van der Waals surface area contributed by atoms with Gasteiger partial charge in [0.05, 0.1) is 0 Å². The summed E-state index contributed by atoms with van der Waals surface area (Å²) in [7, 11) is 0. The van der Waals surface area contributed by atoms with E-state index in [1.807, 2.05) is 6.07 Å². The predicted molar refractivity (Wildman–Crippen MR) is 44.6 cm³/mol. The maximum absolute atomic E-state index is 5.83. The second kappa shape index (κ2) is 2.58. The van der Waals surface area contributed by atoms with Crippen molar-refractivity contribution in [2.24, 2.45) is 0 Å². The summed E-state index contributed by atoms with van der Waals surface area (Å²) in [5, 5.41) is 3.47. The van der Waals surface area contributed by atoms with Crippen molar-refractivity contribution in [1.29, 1.82) is 0 Å². The maximum atomic E-state index is 5.83. The Hall–Kier alpha value is 0.0295. The van der Waals surface area contributed by atoms with Crippen molar-refractivity contribution in [3.8, 4) is 0 Å². The molecule has 0 N–H and O–H groups in total. The molecule has 1 aliphatic rings. The second-order valence-electron chi connectivity index (χ2n) is 2.41. The van der Waals surface area contributed by atoms with Crippen LogP contribution in [0.25, 0.3) is 0 Å². The van der Waals surface area contributed by atoms with Crippen LogP contribution in [0.2, 0.25) is 5.02 Å². The van der Waals surface area contributed by atoms with Crippen LogP contribution in [0.3, 0.4) is 0 Å². The Morgan fingerprint density at radius 3 is 2.90 bits per heavy atom. The van der Waals surface area contributed by atoms with E-state index in [0.29, 0.717) is 0 Å². The fourth-order valence-electron chi connectivity index (χ4n) is 1.14.